The van der Waals surface area contributed by atoms with E-state index in [1.807, 2.05) is 83.0 Å². The Bertz CT molecular complexity index is 3500. The number of hydrogen-bond acceptors (Lipinski definition) is 15. The highest BCUT2D eigenvalue weighted by molar-refractivity contribution is 5.98. The van der Waals surface area contributed by atoms with Gasteiger partial charge in [-0.05, 0) is 120 Å². The summed E-state index contributed by atoms with van der Waals surface area (Å²) in [6, 6.07) is 16.2. The molecule has 5 atom stereocenters. The lowest BCUT2D eigenvalue weighted by molar-refractivity contribution is 0.0627. The maximum absolute atomic E-state index is 14.3. The van der Waals surface area contributed by atoms with E-state index in [0.29, 0.717) is 37.4 Å². The van der Waals surface area contributed by atoms with Gasteiger partial charge in [-0.1, -0.05) is 93.2 Å². The van der Waals surface area contributed by atoms with Gasteiger partial charge in [-0.3, -0.25) is 14.6 Å². The number of amides is 2. The summed E-state index contributed by atoms with van der Waals surface area (Å²) in [5, 5.41) is 9.48. The topological polar surface area (TPSA) is 180 Å². The van der Waals surface area contributed by atoms with Gasteiger partial charge in [0.2, 0.25) is 0 Å². The third-order valence-corrected chi connectivity index (χ3v) is 17.9. The molecule has 87 heavy (non-hydrogen) atoms. The first-order chi connectivity index (χ1) is 41.1. The highest BCUT2D eigenvalue weighted by Gasteiger charge is 2.54. The summed E-state index contributed by atoms with van der Waals surface area (Å²) in [5.74, 6) is 4.30. The lowest BCUT2D eigenvalue weighted by Crippen LogP contribution is -2.59. The molecule has 12 rings (SSSR count). The summed E-state index contributed by atoms with van der Waals surface area (Å²) in [6.07, 6.45) is 19.3. The second-order valence-electron chi connectivity index (χ2n) is 23.1. The van der Waals surface area contributed by atoms with Crippen LogP contribution in [0.5, 0.6) is 0 Å². The lowest BCUT2D eigenvalue weighted by Gasteiger charge is -2.47. The van der Waals surface area contributed by atoms with Gasteiger partial charge in [-0.15, -0.1) is 6.58 Å². The van der Waals surface area contributed by atoms with Gasteiger partial charge in [0.25, 0.3) is 11.8 Å². The van der Waals surface area contributed by atoms with E-state index in [1.54, 1.807) is 36.0 Å². The van der Waals surface area contributed by atoms with Crippen molar-refractivity contribution in [3.05, 3.63) is 157 Å². The molecule has 18 heteroatoms. The van der Waals surface area contributed by atoms with Crippen LogP contribution in [0.2, 0.25) is 0 Å². The van der Waals surface area contributed by atoms with Crippen LogP contribution in [0.15, 0.2) is 112 Å². The van der Waals surface area contributed by atoms with Crippen molar-refractivity contribution in [3.63, 3.8) is 0 Å². The predicted molar refractivity (Wildman–Crippen MR) is 349 cm³/mol. The van der Waals surface area contributed by atoms with E-state index < -0.39 is 5.82 Å². The summed E-state index contributed by atoms with van der Waals surface area (Å²) in [4.78, 5) is 77.0. The number of pyridine rings is 4. The molecule has 4 aliphatic heterocycles. The fourth-order valence-electron chi connectivity index (χ4n) is 13.1. The first-order valence-corrected chi connectivity index (χ1v) is 30.4. The minimum Gasteiger partial charge on any atom is -0.350 e. The molecule has 2 saturated heterocycles. The van der Waals surface area contributed by atoms with Gasteiger partial charge >= 0.3 is 0 Å². The van der Waals surface area contributed by atoms with Crippen molar-refractivity contribution in [2.75, 3.05) is 58.9 Å². The van der Waals surface area contributed by atoms with Gasteiger partial charge in [0, 0.05) is 122 Å². The van der Waals surface area contributed by atoms with E-state index in [9.17, 15) is 19.2 Å². The Kier molecular flexibility index (Phi) is 21.2. The third-order valence-electron chi connectivity index (χ3n) is 17.9. The zero-order valence-corrected chi connectivity index (χ0v) is 51.3. The highest BCUT2D eigenvalue weighted by atomic mass is 19.1. The molecule has 10 heterocycles. The van der Waals surface area contributed by atoms with E-state index in [-0.39, 0.29) is 73.3 Å². The molecule has 2 aliphatic carbocycles. The van der Waals surface area contributed by atoms with Crippen molar-refractivity contribution < 1.29 is 14.0 Å². The van der Waals surface area contributed by atoms with Crippen molar-refractivity contribution in [1.29, 1.82) is 5.26 Å². The minimum atomic E-state index is -0.593. The highest BCUT2D eigenvalue weighted by Crippen LogP contribution is 2.58. The summed E-state index contributed by atoms with van der Waals surface area (Å²) in [6.45, 7) is 36.6. The monoisotopic (exact) mass is 1180 g/mol. The average Bonchev–Trinajstić information content (AvgIpc) is 1.60. The molecule has 2 amide bonds. The fraction of sp³-hybridized carbons (Fsp3) is 0.464. The second-order valence-corrected chi connectivity index (χ2v) is 23.1. The molecular formula is C69H90FN15O2. The van der Waals surface area contributed by atoms with Gasteiger partial charge in [-0.2, -0.15) is 5.26 Å². The zero-order chi connectivity index (χ0) is 60.9. The van der Waals surface area contributed by atoms with Crippen LogP contribution in [0, 0.1) is 23.1 Å². The lowest BCUT2D eigenvalue weighted by atomic mass is 9.66. The Morgan fingerprint density at radius 3 is 1.59 bits per heavy atom. The van der Waals surface area contributed by atoms with E-state index in [2.05, 4.69) is 94.1 Å². The van der Waals surface area contributed by atoms with E-state index in [4.69, 9.17) is 24.9 Å². The number of allylic oxidation sites excluding steroid dienone is 3. The molecule has 2 spiro atoms. The molecule has 4 fully saturated rings. The van der Waals surface area contributed by atoms with Crippen LogP contribution >= 0.6 is 0 Å². The van der Waals surface area contributed by atoms with Crippen LogP contribution in [-0.2, 0) is 10.8 Å². The van der Waals surface area contributed by atoms with Crippen LogP contribution in [0.1, 0.15) is 178 Å². The molecule has 6 aromatic rings. The van der Waals surface area contributed by atoms with E-state index in [0.717, 1.165) is 109 Å². The number of fused-ring (bicyclic) bond motifs is 4. The van der Waals surface area contributed by atoms with Gasteiger partial charge in [0.05, 0.1) is 11.6 Å². The number of carbonyl (C=O) groups is 2. The first-order valence-electron chi connectivity index (χ1n) is 30.4. The Balaban J connectivity index is 0.000000232. The maximum Gasteiger partial charge on any atom is 0.275 e. The molecule has 0 bridgehead atoms. The molecular weight excluding hydrogens is 1090 g/mol. The Morgan fingerprint density at radius 1 is 0.655 bits per heavy atom. The first kappa shape index (κ1) is 66.1. The number of nitrogens with zero attached hydrogens (tertiary/aromatic N) is 15. The van der Waals surface area contributed by atoms with Gasteiger partial charge in [0.15, 0.2) is 11.5 Å². The van der Waals surface area contributed by atoms with Gasteiger partial charge in [0.1, 0.15) is 53.3 Å². The second kappa shape index (κ2) is 27.9. The van der Waals surface area contributed by atoms with E-state index >= 15 is 0 Å². The number of piperazine rings is 2. The summed E-state index contributed by atoms with van der Waals surface area (Å²) < 4.78 is 14.3. The number of nitriles is 1. The molecule has 0 N–H and O–H groups in total. The predicted octanol–water partition coefficient (Wildman–Crippen LogP) is 13.8. The average molecular weight is 1180 g/mol. The quantitative estimate of drug-likeness (QED) is 0.112. The third kappa shape index (κ3) is 12.3. The number of rotatable bonds is 11. The molecule has 0 radical (unpaired) electrons. The summed E-state index contributed by atoms with van der Waals surface area (Å²) in [7, 11) is 0. The maximum atomic E-state index is 14.3. The van der Waals surface area contributed by atoms with Crippen LogP contribution in [-0.4, -0.2) is 125 Å². The van der Waals surface area contributed by atoms with Crippen molar-refractivity contribution >= 4 is 57.9 Å². The standard InChI is InChI=1S/C34H38N8O.C29H32FN7O.2C2H6.2CH4/c1-6-26(7-2)24(5)27-10-8-14-37-30(27)33(43)41-19-22(3)40(18-23(41)4)31-29-32(39-21-38-31)42(20-34(29)12-9-13-34)28-16-25(17-35)11-15-36-28;1-18(2)21-8-12-31-23(13-21)37-16-29(9-6-10-29)24-26(33-17-34-27(24)37)35-14-20(4)36(15-19(35)3)28(38)25-22(30)7-5-11-32-25;2*1-2;;/h6,8,10-11,14-16,21-23,26H,1,5,7,9,12-13,18-20H2,2-4H3;5,7-8,11-13,17,19-20H,1,6,9-10,14-16H2,2-4H3;2*1-2H3;2*1H4/t22-,23+,26?;19-,20+;;;;/m00..../s1. The Hall–Kier alpha value is -8.46. The zero-order valence-electron chi connectivity index (χ0n) is 51.3. The van der Waals surface area contributed by atoms with Crippen LogP contribution < -0.4 is 19.6 Å². The largest absolute Gasteiger partial charge is 0.350 e. The van der Waals surface area contributed by atoms with Gasteiger partial charge < -0.3 is 29.4 Å². The molecule has 460 valence electrons. The SMILES string of the molecule is C.C.C=C(C)c1ccnc(N2CC3(CCC3)c3c2ncnc3N2C[C@@H](C)N(C(=O)c3ncccc3F)C[C@@H]2C)c1.C=CC(CC)C(=C)c1cccnc1C(=O)N1C[C@H](C)N(c2ncnc3c2C2(CCC2)CN3c2cc(C#N)ccn2)C[C@H]1C.CC.CC. The number of aromatic nitrogens is 8. The molecule has 6 aliphatic rings. The summed E-state index contributed by atoms with van der Waals surface area (Å²) >= 11 is 0. The number of halogens is 1. The van der Waals surface area contributed by atoms with Crippen molar-refractivity contribution in [2.45, 2.75) is 164 Å². The molecule has 0 aromatic carbocycles. The Labute approximate surface area is 516 Å². The molecule has 17 nitrogen and oxygen atoms in total. The van der Waals surface area contributed by atoms with Crippen molar-refractivity contribution in [2.24, 2.45) is 5.92 Å². The smallest absolute Gasteiger partial charge is 0.275 e. The van der Waals surface area contributed by atoms with Gasteiger partial charge in [-0.25, -0.2) is 39.3 Å². The van der Waals surface area contributed by atoms with Crippen molar-refractivity contribution in [3.8, 4) is 6.07 Å². The number of anilines is 6. The minimum absolute atomic E-state index is 0. The fourth-order valence-corrected chi connectivity index (χ4v) is 13.1. The molecule has 6 aromatic heterocycles. The molecule has 1 unspecified atom stereocenters. The number of carbonyl (C=O) groups excluding carboxylic acids is 2. The van der Waals surface area contributed by atoms with Crippen LogP contribution in [0.3, 0.4) is 0 Å². The van der Waals surface area contributed by atoms with E-state index in [1.165, 1.54) is 35.9 Å². The number of hydrogen-bond donors (Lipinski definition) is 0. The summed E-state index contributed by atoms with van der Waals surface area (Å²) in [5.41, 5.74) is 6.90. The molecule has 2 saturated carbocycles. The van der Waals surface area contributed by atoms with Crippen molar-refractivity contribution in [1.82, 2.24) is 49.7 Å². The van der Waals surface area contributed by atoms with Crippen LogP contribution in [0.4, 0.5) is 39.3 Å². The van der Waals surface area contributed by atoms with Crippen LogP contribution in [0.25, 0.3) is 11.1 Å². The normalized spacial score (nSPS) is 20.1. The Morgan fingerprint density at radius 2 is 1.13 bits per heavy atom.